The number of rotatable bonds is 3. The number of carboxylic acids is 1. The maximum atomic E-state index is 11.6. The van der Waals surface area contributed by atoms with Crippen LogP contribution < -0.4 is 5.32 Å². The molecular formula is C14H16IN5O5. The number of hydrogen-bond donors (Lipinski definition) is 2. The number of anilines is 1. The Morgan fingerprint density at radius 1 is 1.36 bits per heavy atom. The van der Waals surface area contributed by atoms with E-state index in [4.69, 9.17) is 14.2 Å². The number of fused-ring (bicyclic) bond motifs is 2. The van der Waals surface area contributed by atoms with E-state index >= 15 is 0 Å². The highest BCUT2D eigenvalue weighted by atomic mass is 127. The summed E-state index contributed by atoms with van der Waals surface area (Å²) in [6, 6.07) is 0. The Hall–Kier alpha value is -1.57. The Morgan fingerprint density at radius 2 is 2.08 bits per heavy atom. The second-order valence-corrected chi connectivity index (χ2v) is 7.23. The first kappa shape index (κ1) is 16.9. The molecule has 4 atom stereocenters. The van der Waals surface area contributed by atoms with Crippen molar-refractivity contribution in [3.8, 4) is 0 Å². The number of nitrogens with zero attached hydrogens (tertiary/aromatic N) is 4. The Morgan fingerprint density at radius 3 is 2.76 bits per heavy atom. The van der Waals surface area contributed by atoms with Crippen molar-refractivity contribution in [2.24, 2.45) is 0 Å². The number of aliphatic carboxylic acids is 1. The van der Waals surface area contributed by atoms with E-state index in [2.05, 4.69) is 20.3 Å². The molecule has 2 saturated heterocycles. The summed E-state index contributed by atoms with van der Waals surface area (Å²) in [7, 11) is 1.75. The fraction of sp³-hybridized carbons (Fsp3) is 0.571. The monoisotopic (exact) mass is 461 g/mol. The number of halogens is 1. The van der Waals surface area contributed by atoms with Crippen LogP contribution in [0.1, 0.15) is 20.1 Å². The summed E-state index contributed by atoms with van der Waals surface area (Å²) in [5, 5.41) is 12.4. The fourth-order valence-corrected chi connectivity index (χ4v) is 3.72. The van der Waals surface area contributed by atoms with Gasteiger partial charge in [0.15, 0.2) is 38.9 Å². The number of carbonyl (C=O) groups is 1. The minimum atomic E-state index is -1.13. The first-order valence-corrected chi connectivity index (χ1v) is 8.70. The zero-order chi connectivity index (χ0) is 17.9. The van der Waals surface area contributed by atoms with Crippen LogP contribution in [0, 0.1) is 3.83 Å². The highest BCUT2D eigenvalue weighted by molar-refractivity contribution is 14.1. The minimum absolute atomic E-state index is 0.532. The van der Waals surface area contributed by atoms with Gasteiger partial charge in [-0.2, -0.15) is 0 Å². The summed E-state index contributed by atoms with van der Waals surface area (Å²) in [4.78, 5) is 24.6. The molecule has 0 spiro atoms. The fourth-order valence-electron chi connectivity index (χ4n) is 3.25. The van der Waals surface area contributed by atoms with E-state index in [1.807, 2.05) is 22.6 Å². The zero-order valence-electron chi connectivity index (χ0n) is 13.6. The highest BCUT2D eigenvalue weighted by Crippen LogP contribution is 2.43. The lowest BCUT2D eigenvalue weighted by atomic mass is 10.1. The van der Waals surface area contributed by atoms with Gasteiger partial charge in [0.1, 0.15) is 12.2 Å². The van der Waals surface area contributed by atoms with Gasteiger partial charge in [-0.05, 0) is 13.8 Å². The average Bonchev–Trinajstić information content (AvgIpc) is 3.16. The van der Waals surface area contributed by atoms with E-state index in [0.717, 1.165) is 0 Å². The van der Waals surface area contributed by atoms with Gasteiger partial charge in [-0.1, -0.05) is 0 Å². The predicted octanol–water partition coefficient (Wildman–Crippen LogP) is 0.975. The van der Waals surface area contributed by atoms with Crippen molar-refractivity contribution in [1.29, 1.82) is 0 Å². The van der Waals surface area contributed by atoms with E-state index in [1.165, 1.54) is 0 Å². The SMILES string of the molecule is CNc1nc(I)nc2c1ncn2[C@@H]1O[C@H](C(=O)O)[C@H]2OC(C)(C)O[C@H]21. The molecule has 0 aromatic carbocycles. The van der Waals surface area contributed by atoms with Crippen molar-refractivity contribution in [2.45, 2.75) is 44.2 Å². The van der Waals surface area contributed by atoms with Gasteiger partial charge in [0, 0.05) is 29.6 Å². The summed E-state index contributed by atoms with van der Waals surface area (Å²) in [6.07, 6.45) is -1.58. The maximum Gasteiger partial charge on any atom is 0.335 e. The third-order valence-corrected chi connectivity index (χ3v) is 4.66. The van der Waals surface area contributed by atoms with Crippen molar-refractivity contribution in [2.75, 3.05) is 12.4 Å². The van der Waals surface area contributed by atoms with Gasteiger partial charge >= 0.3 is 5.97 Å². The van der Waals surface area contributed by atoms with Crippen LogP contribution in [-0.2, 0) is 19.0 Å². The Kier molecular flexibility index (Phi) is 3.86. The largest absolute Gasteiger partial charge is 0.479 e. The highest BCUT2D eigenvalue weighted by Gasteiger charge is 2.58. The van der Waals surface area contributed by atoms with E-state index in [1.54, 1.807) is 31.8 Å². The smallest absolute Gasteiger partial charge is 0.335 e. The van der Waals surface area contributed by atoms with Crippen LogP contribution >= 0.6 is 22.6 Å². The summed E-state index contributed by atoms with van der Waals surface area (Å²) < 4.78 is 19.6. The van der Waals surface area contributed by atoms with Gasteiger partial charge in [-0.25, -0.2) is 19.7 Å². The lowest BCUT2D eigenvalue weighted by Crippen LogP contribution is -2.35. The van der Waals surface area contributed by atoms with Gasteiger partial charge in [-0.15, -0.1) is 0 Å². The normalized spacial score (nSPS) is 30.6. The molecule has 4 rings (SSSR count). The molecule has 25 heavy (non-hydrogen) atoms. The molecule has 2 aliphatic rings. The molecule has 134 valence electrons. The van der Waals surface area contributed by atoms with Crippen LogP contribution in [-0.4, -0.2) is 61.7 Å². The van der Waals surface area contributed by atoms with Gasteiger partial charge in [0.25, 0.3) is 0 Å². The van der Waals surface area contributed by atoms with E-state index in [9.17, 15) is 9.90 Å². The minimum Gasteiger partial charge on any atom is -0.479 e. The van der Waals surface area contributed by atoms with Gasteiger partial charge in [-0.3, -0.25) is 4.57 Å². The second-order valence-electron chi connectivity index (χ2n) is 6.27. The number of aromatic nitrogens is 4. The Labute approximate surface area is 156 Å². The first-order chi connectivity index (χ1) is 11.8. The Balaban J connectivity index is 1.80. The van der Waals surface area contributed by atoms with Crippen LogP contribution in [0.3, 0.4) is 0 Å². The topological polar surface area (TPSA) is 121 Å². The summed E-state index contributed by atoms with van der Waals surface area (Å²) in [5.41, 5.74) is 1.10. The third kappa shape index (κ3) is 2.65. The van der Waals surface area contributed by atoms with Gasteiger partial charge in [0.05, 0.1) is 6.33 Å². The van der Waals surface area contributed by atoms with Crippen molar-refractivity contribution in [3.05, 3.63) is 10.2 Å². The lowest BCUT2D eigenvalue weighted by Gasteiger charge is -2.23. The molecule has 2 N–H and O–H groups in total. The van der Waals surface area contributed by atoms with Gasteiger partial charge < -0.3 is 24.6 Å². The zero-order valence-corrected chi connectivity index (χ0v) is 15.8. The lowest BCUT2D eigenvalue weighted by molar-refractivity contribution is -0.202. The van der Waals surface area contributed by atoms with Gasteiger partial charge in [0.2, 0.25) is 0 Å². The summed E-state index contributed by atoms with van der Waals surface area (Å²) in [5.74, 6) is -1.40. The van der Waals surface area contributed by atoms with Crippen LogP contribution in [0.5, 0.6) is 0 Å². The molecule has 0 bridgehead atoms. The molecule has 0 aliphatic carbocycles. The molecule has 2 fully saturated rings. The molecule has 2 aliphatic heterocycles. The number of nitrogens with one attached hydrogen (secondary N) is 1. The number of ether oxygens (including phenoxy) is 3. The number of hydrogen-bond acceptors (Lipinski definition) is 8. The predicted molar refractivity (Wildman–Crippen MR) is 93.0 cm³/mol. The van der Waals surface area contributed by atoms with Crippen molar-refractivity contribution >= 4 is 45.5 Å². The second kappa shape index (κ2) is 5.72. The molecule has 2 aromatic rings. The molecule has 0 radical (unpaired) electrons. The van der Waals surface area contributed by atoms with Crippen molar-refractivity contribution in [1.82, 2.24) is 19.5 Å². The van der Waals surface area contributed by atoms with Crippen LogP contribution in [0.2, 0.25) is 0 Å². The molecular weight excluding hydrogens is 445 g/mol. The molecule has 10 nitrogen and oxygen atoms in total. The van der Waals surface area contributed by atoms with Crippen LogP contribution in [0.15, 0.2) is 6.33 Å². The standard InChI is InChI=1S/C14H16IN5O5/c1-14(2)24-6-7(25-14)11(23-8(6)12(21)22)20-4-17-5-9(16-3)18-13(15)19-10(5)20/h4,6-8,11H,1-3H3,(H,21,22)(H,16,18,19)/t6-,7+,8-,11+/m0/s1. The van der Waals surface area contributed by atoms with Crippen LogP contribution in [0.4, 0.5) is 5.82 Å². The van der Waals surface area contributed by atoms with Crippen LogP contribution in [0.25, 0.3) is 11.2 Å². The van der Waals surface area contributed by atoms with Crippen molar-refractivity contribution in [3.63, 3.8) is 0 Å². The van der Waals surface area contributed by atoms with E-state index < -0.39 is 36.3 Å². The summed E-state index contributed by atoms with van der Waals surface area (Å²) in [6.45, 7) is 3.50. The maximum absolute atomic E-state index is 11.6. The Bertz CT molecular complexity index is 855. The third-order valence-electron chi connectivity index (χ3n) is 4.18. The molecule has 11 heteroatoms. The molecule has 4 heterocycles. The molecule has 0 amide bonds. The summed E-state index contributed by atoms with van der Waals surface area (Å²) >= 11 is 2.01. The first-order valence-electron chi connectivity index (χ1n) is 7.62. The van der Waals surface area contributed by atoms with Crippen molar-refractivity contribution < 1.29 is 24.1 Å². The van der Waals surface area contributed by atoms with E-state index in [0.29, 0.717) is 20.8 Å². The van der Waals surface area contributed by atoms with E-state index in [-0.39, 0.29) is 0 Å². The molecule has 0 saturated carbocycles. The molecule has 0 unspecified atom stereocenters. The quantitative estimate of drug-likeness (QED) is 0.509. The number of imidazole rings is 1. The molecule has 2 aromatic heterocycles. The number of carboxylic acid groups (broad SMARTS) is 1. The average molecular weight is 461 g/mol.